The highest BCUT2D eigenvalue weighted by molar-refractivity contribution is 4.94. The van der Waals surface area contributed by atoms with E-state index < -0.39 is 0 Å². The number of likely N-dealkylation sites (N-methyl/N-ethyl adjacent to an activating group) is 1. The maximum Gasteiger partial charge on any atom is 0.0613 e. The van der Waals surface area contributed by atoms with E-state index in [0.717, 1.165) is 25.3 Å². The van der Waals surface area contributed by atoms with Crippen molar-refractivity contribution in [3.05, 3.63) is 0 Å². The van der Waals surface area contributed by atoms with E-state index in [1.165, 1.54) is 12.8 Å². The Morgan fingerprint density at radius 3 is 2.13 bits per heavy atom. The second-order valence-corrected chi connectivity index (χ2v) is 6.11. The van der Waals surface area contributed by atoms with Crippen LogP contribution in [0.25, 0.3) is 0 Å². The van der Waals surface area contributed by atoms with Crippen molar-refractivity contribution in [3.8, 4) is 0 Å². The van der Waals surface area contributed by atoms with Gasteiger partial charge in [-0.15, -0.1) is 0 Å². The Morgan fingerprint density at radius 1 is 1.27 bits per heavy atom. The molecule has 0 saturated heterocycles. The number of aliphatic hydroxyl groups is 1. The molecule has 0 aromatic rings. The van der Waals surface area contributed by atoms with Crippen LogP contribution in [0.1, 0.15) is 53.4 Å². The van der Waals surface area contributed by atoms with Crippen LogP contribution < -0.4 is 5.32 Å². The van der Waals surface area contributed by atoms with E-state index >= 15 is 0 Å². The molecule has 0 bridgehead atoms. The zero-order chi connectivity index (χ0) is 11.5. The zero-order valence-corrected chi connectivity index (χ0v) is 10.8. The second kappa shape index (κ2) is 4.84. The summed E-state index contributed by atoms with van der Waals surface area (Å²) < 4.78 is 0. The highest BCUT2D eigenvalue weighted by Crippen LogP contribution is 2.41. The molecule has 90 valence electrons. The third kappa shape index (κ3) is 3.18. The highest BCUT2D eigenvalue weighted by Gasteiger charge is 2.37. The number of hydrogen-bond acceptors (Lipinski definition) is 2. The molecule has 0 aromatic heterocycles. The third-order valence-electron chi connectivity index (χ3n) is 4.02. The van der Waals surface area contributed by atoms with Gasteiger partial charge in [0.15, 0.2) is 0 Å². The second-order valence-electron chi connectivity index (χ2n) is 6.11. The molecular formula is C13H27NO. The first-order valence-electron chi connectivity index (χ1n) is 6.29. The maximum atomic E-state index is 9.50. The van der Waals surface area contributed by atoms with E-state index in [1.807, 2.05) is 0 Å². The van der Waals surface area contributed by atoms with E-state index in [0.29, 0.717) is 5.41 Å². The molecule has 0 amide bonds. The van der Waals surface area contributed by atoms with Gasteiger partial charge in [0.25, 0.3) is 0 Å². The molecule has 1 fully saturated rings. The van der Waals surface area contributed by atoms with Gasteiger partial charge in [0.05, 0.1) is 6.61 Å². The summed E-state index contributed by atoms with van der Waals surface area (Å²) in [5, 5.41) is 13.0. The van der Waals surface area contributed by atoms with Crippen LogP contribution in [0.5, 0.6) is 0 Å². The van der Waals surface area contributed by atoms with Crippen molar-refractivity contribution in [2.45, 2.75) is 58.9 Å². The molecule has 1 aliphatic carbocycles. The fraction of sp³-hybridized carbons (Fsp3) is 1.00. The van der Waals surface area contributed by atoms with Gasteiger partial charge in [-0.05, 0) is 43.6 Å². The molecule has 15 heavy (non-hydrogen) atoms. The lowest BCUT2D eigenvalue weighted by molar-refractivity contribution is 0.0704. The molecule has 0 heterocycles. The minimum atomic E-state index is 0.0243. The van der Waals surface area contributed by atoms with Crippen LogP contribution in [-0.2, 0) is 0 Å². The number of aliphatic hydroxyl groups excluding tert-OH is 1. The molecule has 0 radical (unpaired) electrons. The van der Waals surface area contributed by atoms with Gasteiger partial charge < -0.3 is 10.4 Å². The number of rotatable bonds is 3. The predicted octanol–water partition coefficient (Wildman–Crippen LogP) is 2.56. The van der Waals surface area contributed by atoms with Gasteiger partial charge in [0.1, 0.15) is 0 Å². The summed E-state index contributed by atoms with van der Waals surface area (Å²) in [5.74, 6) is 0.816. The van der Waals surface area contributed by atoms with Crippen molar-refractivity contribution >= 4 is 0 Å². The van der Waals surface area contributed by atoms with Crippen molar-refractivity contribution in [2.75, 3.05) is 13.2 Å². The Labute approximate surface area is 94.5 Å². The summed E-state index contributed by atoms with van der Waals surface area (Å²) in [6, 6.07) is 0. The van der Waals surface area contributed by atoms with E-state index in [1.54, 1.807) is 0 Å². The monoisotopic (exact) mass is 213 g/mol. The van der Waals surface area contributed by atoms with Crippen LogP contribution in [0.2, 0.25) is 0 Å². The molecule has 2 N–H and O–H groups in total. The summed E-state index contributed by atoms with van der Waals surface area (Å²) in [4.78, 5) is 0. The summed E-state index contributed by atoms with van der Waals surface area (Å²) in [6.07, 6.45) is 4.74. The first kappa shape index (κ1) is 13.0. The molecule has 0 unspecified atom stereocenters. The van der Waals surface area contributed by atoms with Crippen molar-refractivity contribution in [2.24, 2.45) is 11.3 Å². The summed E-state index contributed by atoms with van der Waals surface area (Å²) >= 11 is 0. The molecular weight excluding hydrogens is 186 g/mol. The summed E-state index contributed by atoms with van der Waals surface area (Å²) in [5.41, 5.74) is 0.449. The van der Waals surface area contributed by atoms with E-state index in [2.05, 4.69) is 33.0 Å². The molecule has 1 rings (SSSR count). The van der Waals surface area contributed by atoms with Crippen molar-refractivity contribution in [1.29, 1.82) is 0 Å². The molecule has 1 saturated carbocycles. The number of nitrogens with one attached hydrogen (secondary N) is 1. The fourth-order valence-corrected chi connectivity index (χ4v) is 2.80. The molecule has 1 aliphatic rings. The topological polar surface area (TPSA) is 32.3 Å². The quantitative estimate of drug-likeness (QED) is 0.755. The van der Waals surface area contributed by atoms with Crippen molar-refractivity contribution < 1.29 is 5.11 Å². The smallest absolute Gasteiger partial charge is 0.0613 e. The van der Waals surface area contributed by atoms with E-state index in [-0.39, 0.29) is 12.1 Å². The van der Waals surface area contributed by atoms with Crippen molar-refractivity contribution in [3.63, 3.8) is 0 Å². The van der Waals surface area contributed by atoms with Gasteiger partial charge in [-0.25, -0.2) is 0 Å². The van der Waals surface area contributed by atoms with Gasteiger partial charge in [-0.1, -0.05) is 27.7 Å². The van der Waals surface area contributed by atoms with Crippen LogP contribution >= 0.6 is 0 Å². The van der Waals surface area contributed by atoms with E-state index in [4.69, 9.17) is 0 Å². The lowest BCUT2D eigenvalue weighted by Crippen LogP contribution is -2.51. The van der Waals surface area contributed by atoms with Gasteiger partial charge in [0.2, 0.25) is 0 Å². The van der Waals surface area contributed by atoms with Crippen LogP contribution in [0.15, 0.2) is 0 Å². The SMILES string of the molecule is CCNC1(CO)CCC(C(C)(C)C)CC1. The summed E-state index contributed by atoms with van der Waals surface area (Å²) in [6.45, 7) is 10.4. The highest BCUT2D eigenvalue weighted by atomic mass is 16.3. The van der Waals surface area contributed by atoms with Crippen LogP contribution in [0.3, 0.4) is 0 Å². The van der Waals surface area contributed by atoms with Crippen LogP contribution in [-0.4, -0.2) is 23.8 Å². The van der Waals surface area contributed by atoms with Crippen LogP contribution in [0.4, 0.5) is 0 Å². The summed E-state index contributed by atoms with van der Waals surface area (Å²) in [7, 11) is 0. The van der Waals surface area contributed by atoms with Gasteiger partial charge in [-0.3, -0.25) is 0 Å². The number of hydrogen-bond donors (Lipinski definition) is 2. The van der Waals surface area contributed by atoms with Crippen LogP contribution in [0, 0.1) is 11.3 Å². The molecule has 2 nitrogen and oxygen atoms in total. The zero-order valence-electron chi connectivity index (χ0n) is 10.8. The maximum absolute atomic E-state index is 9.50. The molecule has 0 spiro atoms. The Kier molecular flexibility index (Phi) is 4.19. The predicted molar refractivity (Wildman–Crippen MR) is 64.9 cm³/mol. The Hall–Kier alpha value is -0.0800. The molecule has 0 atom stereocenters. The first-order chi connectivity index (χ1) is 6.93. The molecule has 0 aromatic carbocycles. The largest absolute Gasteiger partial charge is 0.394 e. The van der Waals surface area contributed by atoms with Crippen molar-refractivity contribution in [1.82, 2.24) is 5.32 Å². The Bertz CT molecular complexity index is 187. The fourth-order valence-electron chi connectivity index (χ4n) is 2.80. The van der Waals surface area contributed by atoms with Gasteiger partial charge in [-0.2, -0.15) is 0 Å². The Balaban J connectivity index is 2.53. The normalized spacial score (nSPS) is 33.0. The van der Waals surface area contributed by atoms with Gasteiger partial charge in [0, 0.05) is 5.54 Å². The average Bonchev–Trinajstić information content (AvgIpc) is 2.17. The molecule has 0 aliphatic heterocycles. The average molecular weight is 213 g/mol. The minimum absolute atomic E-state index is 0.0243. The first-order valence-corrected chi connectivity index (χ1v) is 6.29. The van der Waals surface area contributed by atoms with E-state index in [9.17, 15) is 5.11 Å². The molecule has 2 heteroatoms. The van der Waals surface area contributed by atoms with Gasteiger partial charge >= 0.3 is 0 Å². The Morgan fingerprint density at radius 2 is 1.80 bits per heavy atom. The standard InChI is InChI=1S/C13H27NO/c1-5-14-13(10-15)8-6-11(7-9-13)12(2,3)4/h11,14-15H,5-10H2,1-4H3. The lowest BCUT2D eigenvalue weighted by Gasteiger charge is -2.43. The third-order valence-corrected chi connectivity index (χ3v) is 4.02. The lowest BCUT2D eigenvalue weighted by atomic mass is 9.67. The minimum Gasteiger partial charge on any atom is -0.394 e.